The van der Waals surface area contributed by atoms with Gasteiger partial charge in [-0.1, -0.05) is 49.9 Å². The van der Waals surface area contributed by atoms with Gasteiger partial charge in [-0.3, -0.25) is 0 Å². The summed E-state index contributed by atoms with van der Waals surface area (Å²) in [6.45, 7) is 7.70. The van der Waals surface area contributed by atoms with Crippen LogP contribution < -0.4 is 5.73 Å². The highest BCUT2D eigenvalue weighted by atomic mass is 14.6. The second kappa shape index (κ2) is 7.56. The van der Waals surface area contributed by atoms with Crippen LogP contribution in [0.4, 0.5) is 0 Å². The Hall–Kier alpha value is -1.08. The van der Waals surface area contributed by atoms with E-state index in [1.807, 2.05) is 43.3 Å². The van der Waals surface area contributed by atoms with Crippen molar-refractivity contribution in [3.8, 4) is 0 Å². The first-order chi connectivity index (χ1) is 6.20. The molecule has 0 heterocycles. The predicted octanol–water partition coefficient (Wildman–Crippen LogP) is 3.07. The molecule has 1 atom stereocenters. The molecule has 0 aliphatic carbocycles. The first kappa shape index (κ1) is 11.9. The minimum atomic E-state index is 0.384. The second-order valence-corrected chi connectivity index (χ2v) is 3.00. The lowest BCUT2D eigenvalue weighted by atomic mass is 10.2. The van der Waals surface area contributed by atoms with Crippen LogP contribution in [-0.2, 0) is 0 Å². The molecule has 0 aromatic heterocycles. The molecule has 0 aliphatic heterocycles. The lowest BCUT2D eigenvalue weighted by Crippen LogP contribution is -2.11. The molecule has 0 spiro atoms. The van der Waals surface area contributed by atoms with E-state index in [9.17, 15) is 0 Å². The minimum absolute atomic E-state index is 0.384. The zero-order chi connectivity index (χ0) is 10.1. The van der Waals surface area contributed by atoms with Crippen molar-refractivity contribution in [3.63, 3.8) is 0 Å². The number of benzene rings is 1. The summed E-state index contributed by atoms with van der Waals surface area (Å²) >= 11 is 0. The Morgan fingerprint density at radius 2 is 1.85 bits per heavy atom. The summed E-state index contributed by atoms with van der Waals surface area (Å²) in [5.74, 6) is 0. The Morgan fingerprint density at radius 3 is 2.08 bits per heavy atom. The van der Waals surface area contributed by atoms with E-state index in [1.54, 1.807) is 0 Å². The largest absolute Gasteiger partial charge is 0.328 e. The maximum atomic E-state index is 5.29. The van der Waals surface area contributed by atoms with Gasteiger partial charge < -0.3 is 5.73 Å². The first-order valence-corrected chi connectivity index (χ1v) is 4.63. The van der Waals surface area contributed by atoms with Crippen molar-refractivity contribution < 1.29 is 0 Å². The van der Waals surface area contributed by atoms with Crippen LogP contribution in [-0.4, -0.2) is 6.04 Å². The summed E-state index contributed by atoms with van der Waals surface area (Å²) in [6.07, 6.45) is 2.92. The Labute approximate surface area is 81.3 Å². The average molecular weight is 177 g/mol. The topological polar surface area (TPSA) is 26.0 Å². The van der Waals surface area contributed by atoms with Crippen molar-refractivity contribution >= 4 is 6.08 Å². The van der Waals surface area contributed by atoms with Crippen LogP contribution in [0.2, 0.25) is 0 Å². The van der Waals surface area contributed by atoms with Crippen molar-refractivity contribution in [2.45, 2.75) is 26.3 Å². The number of nitrogens with two attached hydrogens (primary N) is 1. The van der Waals surface area contributed by atoms with Gasteiger partial charge in [-0.05, 0) is 18.9 Å². The van der Waals surface area contributed by atoms with Crippen LogP contribution in [0.25, 0.3) is 6.08 Å². The Balaban J connectivity index is 0.000000252. The van der Waals surface area contributed by atoms with Gasteiger partial charge in [-0.2, -0.15) is 0 Å². The molecular formula is C12H19N. The molecule has 0 radical (unpaired) electrons. The van der Waals surface area contributed by atoms with Gasteiger partial charge in [0, 0.05) is 6.04 Å². The van der Waals surface area contributed by atoms with E-state index < -0.39 is 0 Å². The fourth-order valence-electron chi connectivity index (χ4n) is 0.589. The quantitative estimate of drug-likeness (QED) is 0.738. The van der Waals surface area contributed by atoms with E-state index in [4.69, 9.17) is 5.73 Å². The van der Waals surface area contributed by atoms with Crippen molar-refractivity contribution in [2.24, 2.45) is 5.73 Å². The molecule has 13 heavy (non-hydrogen) atoms. The van der Waals surface area contributed by atoms with Crippen LogP contribution in [0.3, 0.4) is 0 Å². The molecule has 0 saturated carbocycles. The summed E-state index contributed by atoms with van der Waals surface area (Å²) in [5, 5.41) is 0. The molecule has 1 aromatic rings. The van der Waals surface area contributed by atoms with Crippen molar-refractivity contribution in [1.29, 1.82) is 0 Å². The molecule has 1 nitrogen and oxygen atoms in total. The predicted molar refractivity (Wildman–Crippen MR) is 60.5 cm³/mol. The van der Waals surface area contributed by atoms with Crippen molar-refractivity contribution in [1.82, 2.24) is 0 Å². The van der Waals surface area contributed by atoms with Crippen LogP contribution in [0.5, 0.6) is 0 Å². The molecule has 1 unspecified atom stereocenters. The number of hydrogen-bond donors (Lipinski definition) is 1. The van der Waals surface area contributed by atoms with Crippen LogP contribution >= 0.6 is 0 Å². The molecule has 2 N–H and O–H groups in total. The van der Waals surface area contributed by atoms with E-state index in [-0.39, 0.29) is 0 Å². The monoisotopic (exact) mass is 177 g/mol. The summed E-state index contributed by atoms with van der Waals surface area (Å²) in [7, 11) is 0. The fraction of sp³-hybridized carbons (Fsp3) is 0.333. The molecule has 0 amide bonds. The lowest BCUT2D eigenvalue weighted by molar-refractivity contribution is 0.715. The minimum Gasteiger partial charge on any atom is -0.328 e. The molecule has 1 aromatic carbocycles. The third kappa shape index (κ3) is 7.29. The van der Waals surface area contributed by atoms with Gasteiger partial charge in [0.05, 0.1) is 0 Å². The summed E-state index contributed by atoms with van der Waals surface area (Å²) in [4.78, 5) is 0. The summed E-state index contributed by atoms with van der Waals surface area (Å²) in [6, 6.07) is 10.4. The van der Waals surface area contributed by atoms with Gasteiger partial charge >= 0.3 is 0 Å². The van der Waals surface area contributed by atoms with Gasteiger partial charge in [-0.15, -0.1) is 0 Å². The average Bonchev–Trinajstić information content (AvgIpc) is 2.20. The van der Waals surface area contributed by atoms with E-state index in [0.29, 0.717) is 6.04 Å². The maximum Gasteiger partial charge on any atom is 0.000781 e. The van der Waals surface area contributed by atoms with Crippen molar-refractivity contribution in [3.05, 3.63) is 42.5 Å². The molecule has 0 bridgehead atoms. The Kier molecular flexibility index (Phi) is 6.93. The smallest absolute Gasteiger partial charge is 0.000781 e. The van der Waals surface area contributed by atoms with Gasteiger partial charge in [0.2, 0.25) is 0 Å². The highest BCUT2D eigenvalue weighted by Crippen LogP contribution is 1.97. The van der Waals surface area contributed by atoms with E-state index in [1.165, 1.54) is 5.56 Å². The van der Waals surface area contributed by atoms with Crippen LogP contribution in [0, 0.1) is 0 Å². The van der Waals surface area contributed by atoms with E-state index in [2.05, 4.69) is 13.5 Å². The highest BCUT2D eigenvalue weighted by Gasteiger charge is 1.79. The number of rotatable bonds is 2. The molecule has 0 fully saturated rings. The van der Waals surface area contributed by atoms with Crippen LogP contribution in [0.15, 0.2) is 36.9 Å². The highest BCUT2D eigenvalue weighted by molar-refractivity contribution is 5.45. The molecular weight excluding hydrogens is 158 g/mol. The lowest BCUT2D eigenvalue weighted by Gasteiger charge is -1.91. The van der Waals surface area contributed by atoms with E-state index in [0.717, 1.165) is 6.42 Å². The SMILES string of the molecule is C=Cc1ccccc1.CCC(C)N. The fourth-order valence-corrected chi connectivity index (χ4v) is 0.589. The zero-order valence-electron chi connectivity index (χ0n) is 8.53. The zero-order valence-corrected chi connectivity index (χ0v) is 8.53. The normalized spacial score (nSPS) is 11.0. The molecule has 0 aliphatic rings. The first-order valence-electron chi connectivity index (χ1n) is 4.63. The standard InChI is InChI=1S/C8H8.C4H11N/c1-2-8-6-4-3-5-7-8;1-3-4(2)5/h2-7H,1H2;4H,3,5H2,1-2H3. The molecule has 1 rings (SSSR count). The number of hydrogen-bond acceptors (Lipinski definition) is 1. The van der Waals surface area contributed by atoms with Gasteiger partial charge in [0.25, 0.3) is 0 Å². The van der Waals surface area contributed by atoms with Gasteiger partial charge in [-0.25, -0.2) is 0 Å². The third-order valence-corrected chi connectivity index (χ3v) is 1.68. The summed E-state index contributed by atoms with van der Waals surface area (Å²) in [5.41, 5.74) is 6.47. The molecule has 1 heteroatoms. The van der Waals surface area contributed by atoms with Gasteiger partial charge in [0.15, 0.2) is 0 Å². The molecule has 72 valence electrons. The van der Waals surface area contributed by atoms with E-state index >= 15 is 0 Å². The van der Waals surface area contributed by atoms with Crippen molar-refractivity contribution in [2.75, 3.05) is 0 Å². The third-order valence-electron chi connectivity index (χ3n) is 1.68. The van der Waals surface area contributed by atoms with Crippen LogP contribution in [0.1, 0.15) is 25.8 Å². The summed E-state index contributed by atoms with van der Waals surface area (Å²) < 4.78 is 0. The Morgan fingerprint density at radius 1 is 1.38 bits per heavy atom. The Bertz CT molecular complexity index is 214. The van der Waals surface area contributed by atoms with Gasteiger partial charge in [0.1, 0.15) is 0 Å². The molecule has 0 saturated heterocycles. The second-order valence-electron chi connectivity index (χ2n) is 3.00. The maximum absolute atomic E-state index is 5.29.